The van der Waals surface area contributed by atoms with Crippen molar-refractivity contribution < 1.29 is 19.2 Å². The largest absolute Gasteiger partial charge is 0.394 e. The molecule has 0 unspecified atom stereocenters. The highest BCUT2D eigenvalue weighted by molar-refractivity contribution is 9.10. The molecule has 2 rings (SSSR count). The molecule has 0 amide bonds. The maximum Gasteiger partial charge on any atom is 0.291 e. The SMILES string of the molecule is N#Cc1c([N+](=O)[O-])cc(Br)c(N2CCOC[C@H]2CO)c1F. The average Bonchev–Trinajstić information content (AvgIpc) is 2.47. The van der Waals surface area contributed by atoms with E-state index in [1.165, 1.54) is 6.07 Å². The minimum absolute atomic E-state index is 0.0273. The lowest BCUT2D eigenvalue weighted by molar-refractivity contribution is -0.385. The second kappa shape index (κ2) is 6.34. The molecule has 1 aromatic carbocycles. The number of nitro groups is 1. The Hall–Kier alpha value is -1.76. The van der Waals surface area contributed by atoms with Crippen molar-refractivity contribution >= 4 is 27.3 Å². The zero-order valence-corrected chi connectivity index (χ0v) is 12.3. The summed E-state index contributed by atoms with van der Waals surface area (Å²) in [5, 5.41) is 29.2. The van der Waals surface area contributed by atoms with Crippen LogP contribution in [0.3, 0.4) is 0 Å². The first-order valence-electron chi connectivity index (χ1n) is 6.03. The summed E-state index contributed by atoms with van der Waals surface area (Å²) in [6.45, 7) is 0.594. The summed E-state index contributed by atoms with van der Waals surface area (Å²) >= 11 is 3.10. The van der Waals surface area contributed by atoms with Crippen LogP contribution in [0.15, 0.2) is 10.5 Å². The summed E-state index contributed by atoms with van der Waals surface area (Å²) in [5.41, 5.74) is -1.19. The molecule has 0 aromatic heterocycles. The smallest absolute Gasteiger partial charge is 0.291 e. The van der Waals surface area contributed by atoms with Crippen molar-refractivity contribution in [2.24, 2.45) is 0 Å². The first kappa shape index (κ1) is 15.6. The van der Waals surface area contributed by atoms with Crippen LogP contribution < -0.4 is 4.90 Å². The van der Waals surface area contributed by atoms with Crippen molar-refractivity contribution in [3.8, 4) is 6.07 Å². The molecule has 0 aliphatic carbocycles. The molecule has 1 N–H and O–H groups in total. The first-order valence-corrected chi connectivity index (χ1v) is 6.82. The maximum atomic E-state index is 14.5. The molecule has 7 nitrogen and oxygen atoms in total. The van der Waals surface area contributed by atoms with Gasteiger partial charge in [0.1, 0.15) is 6.07 Å². The number of halogens is 2. The summed E-state index contributed by atoms with van der Waals surface area (Å²) in [4.78, 5) is 11.6. The molecule has 0 spiro atoms. The molecule has 1 saturated heterocycles. The van der Waals surface area contributed by atoms with Crippen molar-refractivity contribution in [2.45, 2.75) is 6.04 Å². The second-order valence-corrected chi connectivity index (χ2v) is 5.24. The van der Waals surface area contributed by atoms with Crippen LogP contribution in [0, 0.1) is 27.3 Å². The van der Waals surface area contributed by atoms with E-state index in [1.807, 2.05) is 0 Å². The molecule has 1 heterocycles. The van der Waals surface area contributed by atoms with Gasteiger partial charge >= 0.3 is 0 Å². The fourth-order valence-electron chi connectivity index (χ4n) is 2.21. The molecular weight excluding hydrogens is 349 g/mol. The summed E-state index contributed by atoms with van der Waals surface area (Å²) < 4.78 is 19.9. The van der Waals surface area contributed by atoms with E-state index in [9.17, 15) is 19.6 Å². The lowest BCUT2D eigenvalue weighted by Gasteiger charge is -2.37. The molecular formula is C12H11BrFN3O4. The highest BCUT2D eigenvalue weighted by Crippen LogP contribution is 2.38. The fraction of sp³-hybridized carbons (Fsp3) is 0.417. The fourth-order valence-corrected chi connectivity index (χ4v) is 2.83. The van der Waals surface area contributed by atoms with Crippen molar-refractivity contribution in [2.75, 3.05) is 31.3 Å². The van der Waals surface area contributed by atoms with Crippen LogP contribution in [-0.4, -0.2) is 42.4 Å². The molecule has 1 aliphatic rings. The predicted octanol–water partition coefficient (Wildman–Crippen LogP) is 1.57. The van der Waals surface area contributed by atoms with Gasteiger partial charge in [0.2, 0.25) is 0 Å². The third kappa shape index (κ3) is 2.83. The van der Waals surface area contributed by atoms with Gasteiger partial charge in [0, 0.05) is 12.6 Å². The zero-order valence-electron chi connectivity index (χ0n) is 10.8. The standard InChI is InChI=1S/C12H11BrFN3O4/c13-9-3-10(17(19)20)8(4-15)11(14)12(9)16-1-2-21-6-7(16)5-18/h3,7,18H,1-2,5-6H2/t7-/m1/s1. The van der Waals surface area contributed by atoms with Crippen molar-refractivity contribution in [3.05, 3.63) is 32.0 Å². The topological polar surface area (TPSA) is 99.6 Å². The number of nitro benzene ring substituents is 1. The van der Waals surface area contributed by atoms with Crippen molar-refractivity contribution in [3.63, 3.8) is 0 Å². The summed E-state index contributed by atoms with van der Waals surface area (Å²) in [7, 11) is 0. The Balaban J connectivity index is 2.59. The molecule has 112 valence electrons. The molecule has 1 aromatic rings. The Labute approximate surface area is 127 Å². The van der Waals surface area contributed by atoms with Crippen LogP contribution in [0.2, 0.25) is 0 Å². The van der Waals surface area contributed by atoms with Gasteiger partial charge < -0.3 is 14.7 Å². The molecule has 0 bridgehead atoms. The molecule has 0 saturated carbocycles. The number of aliphatic hydroxyl groups excluding tert-OH is 1. The average molecular weight is 360 g/mol. The van der Waals surface area contributed by atoms with Crippen LogP contribution in [0.5, 0.6) is 0 Å². The number of aliphatic hydroxyl groups is 1. The summed E-state index contributed by atoms with van der Waals surface area (Å²) in [6.07, 6.45) is 0. The van der Waals surface area contributed by atoms with Gasteiger partial charge in [0.25, 0.3) is 5.69 Å². The van der Waals surface area contributed by atoms with Crippen LogP contribution in [0.4, 0.5) is 15.8 Å². The Morgan fingerprint density at radius 1 is 1.71 bits per heavy atom. The lowest BCUT2D eigenvalue weighted by Crippen LogP contribution is -2.48. The van der Waals surface area contributed by atoms with Gasteiger partial charge in [0.15, 0.2) is 11.4 Å². The van der Waals surface area contributed by atoms with E-state index >= 15 is 0 Å². The second-order valence-electron chi connectivity index (χ2n) is 4.39. The van der Waals surface area contributed by atoms with E-state index in [1.54, 1.807) is 4.90 Å². The number of hydrogen-bond acceptors (Lipinski definition) is 6. The van der Waals surface area contributed by atoms with E-state index in [0.717, 1.165) is 6.07 Å². The van der Waals surface area contributed by atoms with Crippen LogP contribution in [0.1, 0.15) is 5.56 Å². The van der Waals surface area contributed by atoms with Gasteiger partial charge in [-0.15, -0.1) is 0 Å². The van der Waals surface area contributed by atoms with Gasteiger partial charge in [0.05, 0.1) is 40.9 Å². The van der Waals surface area contributed by atoms with E-state index in [2.05, 4.69) is 15.9 Å². The highest BCUT2D eigenvalue weighted by Gasteiger charge is 2.31. The minimum atomic E-state index is -0.973. The van der Waals surface area contributed by atoms with Crippen molar-refractivity contribution in [1.82, 2.24) is 0 Å². The minimum Gasteiger partial charge on any atom is -0.394 e. The monoisotopic (exact) mass is 359 g/mol. The Morgan fingerprint density at radius 3 is 3.00 bits per heavy atom. The third-order valence-electron chi connectivity index (χ3n) is 3.21. The number of hydrogen-bond donors (Lipinski definition) is 1. The molecule has 1 atom stereocenters. The number of ether oxygens (including phenoxy) is 1. The number of rotatable bonds is 3. The van der Waals surface area contributed by atoms with Gasteiger partial charge in [-0.05, 0) is 15.9 Å². The predicted molar refractivity (Wildman–Crippen MR) is 74.5 cm³/mol. The third-order valence-corrected chi connectivity index (χ3v) is 3.81. The molecule has 21 heavy (non-hydrogen) atoms. The molecule has 1 fully saturated rings. The molecule has 0 radical (unpaired) electrons. The van der Waals surface area contributed by atoms with Gasteiger partial charge in [-0.25, -0.2) is 4.39 Å². The van der Waals surface area contributed by atoms with Crippen LogP contribution in [-0.2, 0) is 4.74 Å². The van der Waals surface area contributed by atoms with E-state index in [-0.39, 0.29) is 23.4 Å². The maximum absolute atomic E-state index is 14.5. The normalized spacial score (nSPS) is 18.4. The van der Waals surface area contributed by atoms with Gasteiger partial charge in [-0.2, -0.15) is 5.26 Å². The van der Waals surface area contributed by atoms with E-state index in [4.69, 9.17) is 10.00 Å². The highest BCUT2D eigenvalue weighted by atomic mass is 79.9. The number of nitriles is 1. The van der Waals surface area contributed by atoms with E-state index < -0.39 is 28.0 Å². The van der Waals surface area contributed by atoms with E-state index in [0.29, 0.717) is 13.2 Å². The van der Waals surface area contributed by atoms with Crippen LogP contribution >= 0.6 is 15.9 Å². The zero-order chi connectivity index (χ0) is 15.6. The number of nitrogens with zero attached hydrogens (tertiary/aromatic N) is 3. The lowest BCUT2D eigenvalue weighted by atomic mass is 10.1. The Bertz CT molecular complexity index is 620. The first-order chi connectivity index (χ1) is 10.0. The Morgan fingerprint density at radius 2 is 2.43 bits per heavy atom. The molecule has 1 aliphatic heterocycles. The summed E-state index contributed by atoms with van der Waals surface area (Å²) in [5.74, 6) is -0.973. The van der Waals surface area contributed by atoms with Gasteiger partial charge in [-0.3, -0.25) is 10.1 Å². The van der Waals surface area contributed by atoms with Crippen LogP contribution in [0.25, 0.3) is 0 Å². The summed E-state index contributed by atoms with van der Waals surface area (Å²) in [6, 6.07) is 2.15. The van der Waals surface area contributed by atoms with Gasteiger partial charge in [-0.1, -0.05) is 0 Å². The molecule has 9 heteroatoms. The Kier molecular flexibility index (Phi) is 4.72. The number of benzene rings is 1. The number of anilines is 1. The quantitative estimate of drug-likeness (QED) is 0.649. The van der Waals surface area contributed by atoms with Crippen molar-refractivity contribution in [1.29, 1.82) is 5.26 Å². The number of morpholine rings is 1.